The van der Waals surface area contributed by atoms with E-state index in [0.717, 1.165) is 50.5 Å². The largest absolute Gasteiger partial charge is 0.507 e. The molecule has 0 aliphatic heterocycles. The Bertz CT molecular complexity index is 603. The van der Waals surface area contributed by atoms with Crippen molar-refractivity contribution in [2.24, 2.45) is 5.41 Å². The number of alkyl halides is 1. The third-order valence-corrected chi connectivity index (χ3v) is 6.42. The number of hydrogen-bond acceptors (Lipinski definition) is 3. The van der Waals surface area contributed by atoms with E-state index in [4.69, 9.17) is 0 Å². The molecule has 0 fully saturated rings. The third-order valence-electron chi connectivity index (χ3n) is 5.88. The van der Waals surface area contributed by atoms with E-state index < -0.39 is 0 Å². The van der Waals surface area contributed by atoms with Gasteiger partial charge in [-0.05, 0) is 55.6 Å². The number of phenolic OH excluding ortho intramolecular Hbond substituents is 3. The summed E-state index contributed by atoms with van der Waals surface area (Å²) in [6.07, 6.45) is 11.3. The Kier molecular flexibility index (Phi) is 10.4. The molecule has 0 aromatic heterocycles. The molecule has 0 unspecified atom stereocenters. The SMILES string of the molecule is CCC(C)(C)CCCCCc1cc(O)c(O)c(CCCCCC(C)(C)I)c1O. The highest BCUT2D eigenvalue weighted by Gasteiger charge is 2.18. The number of halogens is 1. The van der Waals surface area contributed by atoms with E-state index in [2.05, 4.69) is 57.2 Å². The molecule has 0 aliphatic carbocycles. The second kappa shape index (κ2) is 11.5. The van der Waals surface area contributed by atoms with E-state index in [1.54, 1.807) is 0 Å². The zero-order valence-corrected chi connectivity index (χ0v) is 20.7. The fraction of sp³-hybridized carbons (Fsp3) is 0.750. The minimum Gasteiger partial charge on any atom is -0.507 e. The smallest absolute Gasteiger partial charge is 0.164 e. The molecule has 0 atom stereocenters. The summed E-state index contributed by atoms with van der Waals surface area (Å²) < 4.78 is 0.312. The van der Waals surface area contributed by atoms with Crippen LogP contribution in [0, 0.1) is 5.41 Å². The number of unbranched alkanes of at least 4 members (excludes halogenated alkanes) is 4. The summed E-state index contributed by atoms with van der Waals surface area (Å²) in [6, 6.07) is 1.53. The van der Waals surface area contributed by atoms with Crippen molar-refractivity contribution in [1.29, 1.82) is 0 Å². The molecule has 0 amide bonds. The van der Waals surface area contributed by atoms with Crippen molar-refractivity contribution in [2.75, 3.05) is 0 Å². The van der Waals surface area contributed by atoms with Crippen LogP contribution in [0.1, 0.15) is 104 Å². The molecule has 0 aliphatic rings. The Balaban J connectivity index is 2.57. The summed E-state index contributed by atoms with van der Waals surface area (Å²) in [5.74, 6) is -0.0816. The zero-order chi connectivity index (χ0) is 21.4. The number of benzene rings is 1. The van der Waals surface area contributed by atoms with Crippen LogP contribution in [0.4, 0.5) is 0 Å². The zero-order valence-electron chi connectivity index (χ0n) is 18.6. The van der Waals surface area contributed by atoms with E-state index in [1.165, 1.54) is 25.3 Å². The fourth-order valence-corrected chi connectivity index (χ4v) is 3.87. The molecule has 0 spiro atoms. The molecule has 0 saturated heterocycles. The maximum absolute atomic E-state index is 10.6. The van der Waals surface area contributed by atoms with Gasteiger partial charge in [-0.3, -0.25) is 0 Å². The van der Waals surface area contributed by atoms with Crippen LogP contribution in [0.25, 0.3) is 0 Å². The minimum atomic E-state index is -0.153. The van der Waals surface area contributed by atoms with Gasteiger partial charge in [-0.2, -0.15) is 0 Å². The number of aryl methyl sites for hydroxylation is 1. The van der Waals surface area contributed by atoms with Gasteiger partial charge >= 0.3 is 0 Å². The highest BCUT2D eigenvalue weighted by Crippen LogP contribution is 2.40. The average Bonchev–Trinajstić information content (AvgIpc) is 2.60. The molecule has 0 radical (unpaired) electrons. The van der Waals surface area contributed by atoms with Crippen LogP contribution in [0.3, 0.4) is 0 Å². The van der Waals surface area contributed by atoms with Gasteiger partial charge in [-0.25, -0.2) is 0 Å². The lowest BCUT2D eigenvalue weighted by Gasteiger charge is -2.22. The van der Waals surface area contributed by atoms with Gasteiger partial charge in [0, 0.05) is 8.99 Å². The summed E-state index contributed by atoms with van der Waals surface area (Å²) in [7, 11) is 0. The number of phenols is 3. The van der Waals surface area contributed by atoms with Gasteiger partial charge in [0.2, 0.25) is 0 Å². The first-order chi connectivity index (χ1) is 13.0. The van der Waals surface area contributed by atoms with Crippen LogP contribution >= 0.6 is 22.6 Å². The van der Waals surface area contributed by atoms with Crippen LogP contribution in [0.15, 0.2) is 6.07 Å². The molecule has 4 heteroatoms. The van der Waals surface area contributed by atoms with Crippen LogP contribution < -0.4 is 0 Å². The summed E-state index contributed by atoms with van der Waals surface area (Å²) in [6.45, 7) is 11.3. The van der Waals surface area contributed by atoms with E-state index in [1.807, 2.05) is 0 Å². The van der Waals surface area contributed by atoms with Crippen molar-refractivity contribution in [3.05, 3.63) is 17.2 Å². The molecule has 1 aromatic carbocycles. The Labute approximate surface area is 186 Å². The molecule has 0 bridgehead atoms. The van der Waals surface area contributed by atoms with Crippen LogP contribution in [-0.4, -0.2) is 18.7 Å². The van der Waals surface area contributed by atoms with E-state index in [9.17, 15) is 15.3 Å². The quantitative estimate of drug-likeness (QED) is 0.0850. The standard InChI is InChI=1S/C24H41IO3/c1-6-23(2,3)15-11-7-9-13-18-17-20(26)22(28)19(21(18)27)14-10-8-12-16-24(4,5)25/h17,26-28H,6-16H2,1-5H3. The molecular weight excluding hydrogens is 463 g/mol. The van der Waals surface area contributed by atoms with Gasteiger partial charge in [0.1, 0.15) is 5.75 Å². The van der Waals surface area contributed by atoms with E-state index in [0.29, 0.717) is 20.8 Å². The molecule has 3 nitrogen and oxygen atoms in total. The highest BCUT2D eigenvalue weighted by atomic mass is 127. The Morgan fingerprint density at radius 2 is 1.36 bits per heavy atom. The first-order valence-electron chi connectivity index (χ1n) is 10.9. The predicted octanol–water partition coefficient (Wildman–Crippen LogP) is 7.66. The van der Waals surface area contributed by atoms with Gasteiger partial charge in [0.05, 0.1) is 0 Å². The third kappa shape index (κ3) is 9.23. The molecule has 3 N–H and O–H groups in total. The van der Waals surface area contributed by atoms with Crippen LogP contribution in [0.5, 0.6) is 17.2 Å². The normalized spacial score (nSPS) is 12.5. The van der Waals surface area contributed by atoms with Crippen molar-refractivity contribution >= 4 is 22.6 Å². The van der Waals surface area contributed by atoms with Crippen molar-refractivity contribution in [3.8, 4) is 17.2 Å². The number of rotatable bonds is 13. The van der Waals surface area contributed by atoms with Crippen LogP contribution in [-0.2, 0) is 12.8 Å². The number of aromatic hydroxyl groups is 3. The summed E-state index contributed by atoms with van der Waals surface area (Å²) in [5, 5.41) is 30.9. The van der Waals surface area contributed by atoms with Crippen LogP contribution in [0.2, 0.25) is 0 Å². The molecule has 162 valence electrons. The minimum absolute atomic E-state index is 0.108. The van der Waals surface area contributed by atoms with Crippen molar-refractivity contribution in [3.63, 3.8) is 0 Å². The Morgan fingerprint density at radius 1 is 0.786 bits per heavy atom. The molecular formula is C24H41IO3. The Morgan fingerprint density at radius 3 is 1.93 bits per heavy atom. The second-order valence-corrected chi connectivity index (χ2v) is 12.5. The Hall–Kier alpha value is -0.650. The molecule has 0 heterocycles. The van der Waals surface area contributed by atoms with E-state index >= 15 is 0 Å². The van der Waals surface area contributed by atoms with Crippen molar-refractivity contribution in [1.82, 2.24) is 0 Å². The molecule has 1 rings (SSSR count). The lowest BCUT2D eigenvalue weighted by atomic mass is 9.84. The maximum atomic E-state index is 10.6. The molecule has 1 aromatic rings. The second-order valence-electron chi connectivity index (χ2n) is 9.59. The lowest BCUT2D eigenvalue weighted by Crippen LogP contribution is -2.08. The van der Waals surface area contributed by atoms with Gasteiger partial charge in [0.15, 0.2) is 11.5 Å². The van der Waals surface area contributed by atoms with Crippen molar-refractivity contribution < 1.29 is 15.3 Å². The number of hydrogen-bond donors (Lipinski definition) is 3. The maximum Gasteiger partial charge on any atom is 0.164 e. The van der Waals surface area contributed by atoms with Gasteiger partial charge in [-0.15, -0.1) is 0 Å². The van der Waals surface area contributed by atoms with Crippen molar-refractivity contribution in [2.45, 2.75) is 109 Å². The van der Waals surface area contributed by atoms with Gasteiger partial charge in [-0.1, -0.05) is 89.3 Å². The summed E-state index contributed by atoms with van der Waals surface area (Å²) in [4.78, 5) is 0. The lowest BCUT2D eigenvalue weighted by molar-refractivity contribution is 0.308. The summed E-state index contributed by atoms with van der Waals surface area (Å²) in [5.41, 5.74) is 1.67. The van der Waals surface area contributed by atoms with Gasteiger partial charge in [0.25, 0.3) is 0 Å². The highest BCUT2D eigenvalue weighted by molar-refractivity contribution is 14.1. The summed E-state index contributed by atoms with van der Waals surface area (Å²) >= 11 is 2.47. The predicted molar refractivity (Wildman–Crippen MR) is 128 cm³/mol. The molecule has 0 saturated carbocycles. The van der Waals surface area contributed by atoms with E-state index in [-0.39, 0.29) is 17.2 Å². The monoisotopic (exact) mass is 504 g/mol. The topological polar surface area (TPSA) is 60.7 Å². The molecule has 28 heavy (non-hydrogen) atoms. The first kappa shape index (κ1) is 25.4. The van der Waals surface area contributed by atoms with Gasteiger partial charge < -0.3 is 15.3 Å². The fourth-order valence-electron chi connectivity index (χ4n) is 3.49. The average molecular weight is 504 g/mol. The first-order valence-corrected chi connectivity index (χ1v) is 12.0.